The number of ether oxygens (including phenoxy) is 1. The molecule has 1 amide bonds. The van der Waals surface area contributed by atoms with Crippen LogP contribution in [-0.4, -0.2) is 56.8 Å². The van der Waals surface area contributed by atoms with Gasteiger partial charge in [0.1, 0.15) is 5.75 Å². The van der Waals surface area contributed by atoms with E-state index in [-0.39, 0.29) is 23.9 Å². The Morgan fingerprint density at radius 2 is 1.68 bits per heavy atom. The van der Waals surface area contributed by atoms with Gasteiger partial charge in [-0.25, -0.2) is 8.42 Å². The van der Waals surface area contributed by atoms with Crippen LogP contribution >= 0.6 is 11.6 Å². The number of piperazine rings is 1. The van der Waals surface area contributed by atoms with Gasteiger partial charge in [-0.3, -0.25) is 4.79 Å². The summed E-state index contributed by atoms with van der Waals surface area (Å²) in [4.78, 5) is 14.8. The lowest BCUT2D eigenvalue weighted by atomic mass is 10.1. The molecular formula is C20H23ClN2O4S. The molecule has 1 aliphatic rings. The van der Waals surface area contributed by atoms with Crippen LogP contribution in [0.25, 0.3) is 0 Å². The molecule has 6 nitrogen and oxygen atoms in total. The molecule has 0 saturated carbocycles. The van der Waals surface area contributed by atoms with Gasteiger partial charge in [0.05, 0.1) is 17.6 Å². The standard InChI is InChI=1S/C20H23ClN2O4S/c1-14-4-6-17(12-15(14)2)28(25,26)23-10-8-22(9-11-23)20(24)18-13-16(21)5-7-19(18)27-3/h4-7,12-13H,8-11H2,1-3H3. The topological polar surface area (TPSA) is 66.9 Å². The number of hydrogen-bond acceptors (Lipinski definition) is 4. The second kappa shape index (κ2) is 8.11. The Hall–Kier alpha value is -2.09. The van der Waals surface area contributed by atoms with Crippen LogP contribution in [0.1, 0.15) is 21.5 Å². The van der Waals surface area contributed by atoms with Crippen molar-refractivity contribution < 1.29 is 17.9 Å². The van der Waals surface area contributed by atoms with Crippen molar-refractivity contribution in [3.8, 4) is 5.75 Å². The maximum Gasteiger partial charge on any atom is 0.257 e. The van der Waals surface area contributed by atoms with Crippen molar-refractivity contribution >= 4 is 27.5 Å². The molecule has 28 heavy (non-hydrogen) atoms. The minimum Gasteiger partial charge on any atom is -0.496 e. The molecule has 0 spiro atoms. The Balaban J connectivity index is 1.74. The zero-order valence-electron chi connectivity index (χ0n) is 16.1. The summed E-state index contributed by atoms with van der Waals surface area (Å²) >= 11 is 6.02. The lowest BCUT2D eigenvalue weighted by Crippen LogP contribution is -2.50. The first-order valence-corrected chi connectivity index (χ1v) is 10.8. The van der Waals surface area contributed by atoms with Crippen LogP contribution in [0, 0.1) is 13.8 Å². The van der Waals surface area contributed by atoms with Crippen LogP contribution in [-0.2, 0) is 10.0 Å². The van der Waals surface area contributed by atoms with Gasteiger partial charge in [-0.05, 0) is 55.3 Å². The van der Waals surface area contributed by atoms with Gasteiger partial charge in [0.25, 0.3) is 5.91 Å². The van der Waals surface area contributed by atoms with Gasteiger partial charge >= 0.3 is 0 Å². The average Bonchev–Trinajstić information content (AvgIpc) is 2.69. The third-order valence-electron chi connectivity index (χ3n) is 5.03. The number of sulfonamides is 1. The Morgan fingerprint density at radius 3 is 2.29 bits per heavy atom. The lowest BCUT2D eigenvalue weighted by Gasteiger charge is -2.34. The molecule has 0 aliphatic carbocycles. The second-order valence-electron chi connectivity index (χ2n) is 6.79. The summed E-state index contributed by atoms with van der Waals surface area (Å²) in [6.07, 6.45) is 0. The maximum atomic E-state index is 12.9. The lowest BCUT2D eigenvalue weighted by molar-refractivity contribution is 0.0694. The highest BCUT2D eigenvalue weighted by molar-refractivity contribution is 7.89. The van der Waals surface area contributed by atoms with Gasteiger partial charge in [0.15, 0.2) is 0 Å². The summed E-state index contributed by atoms with van der Waals surface area (Å²) < 4.78 is 32.5. The van der Waals surface area contributed by atoms with E-state index in [0.717, 1.165) is 11.1 Å². The Labute approximate surface area is 170 Å². The van der Waals surface area contributed by atoms with Gasteiger partial charge in [-0.15, -0.1) is 0 Å². The average molecular weight is 423 g/mol. The number of hydrogen-bond donors (Lipinski definition) is 0. The molecule has 2 aromatic carbocycles. The first-order chi connectivity index (χ1) is 13.2. The van der Waals surface area contributed by atoms with Crippen LogP contribution in [0.4, 0.5) is 0 Å². The number of halogens is 1. The second-order valence-corrected chi connectivity index (χ2v) is 9.16. The molecule has 3 rings (SSSR count). The van der Waals surface area contributed by atoms with Crippen molar-refractivity contribution in [2.24, 2.45) is 0 Å². The number of methoxy groups -OCH3 is 1. The highest BCUT2D eigenvalue weighted by Crippen LogP contribution is 2.26. The van der Waals surface area contributed by atoms with Crippen molar-refractivity contribution in [3.05, 3.63) is 58.1 Å². The van der Waals surface area contributed by atoms with E-state index in [9.17, 15) is 13.2 Å². The molecule has 0 unspecified atom stereocenters. The maximum absolute atomic E-state index is 12.9. The van der Waals surface area contributed by atoms with E-state index in [2.05, 4.69) is 0 Å². The summed E-state index contributed by atoms with van der Waals surface area (Å²) in [7, 11) is -2.09. The van der Waals surface area contributed by atoms with E-state index < -0.39 is 10.0 Å². The van der Waals surface area contributed by atoms with Crippen LogP contribution < -0.4 is 4.74 Å². The summed E-state index contributed by atoms with van der Waals surface area (Å²) in [5.41, 5.74) is 2.35. The molecule has 0 bridgehead atoms. The van der Waals surface area contributed by atoms with E-state index in [1.165, 1.54) is 11.4 Å². The molecule has 0 radical (unpaired) electrons. The molecule has 0 N–H and O–H groups in total. The number of rotatable bonds is 4. The van der Waals surface area contributed by atoms with E-state index in [1.54, 1.807) is 35.2 Å². The van der Waals surface area contributed by atoms with E-state index >= 15 is 0 Å². The largest absolute Gasteiger partial charge is 0.496 e. The normalized spacial score (nSPS) is 15.5. The Morgan fingerprint density at radius 1 is 1.00 bits per heavy atom. The minimum absolute atomic E-state index is 0.220. The summed E-state index contributed by atoms with van der Waals surface area (Å²) in [6, 6.07) is 10.0. The molecule has 2 aromatic rings. The number of carbonyl (C=O) groups is 1. The predicted octanol–water partition coefficient (Wildman–Crippen LogP) is 3.11. The van der Waals surface area contributed by atoms with Crippen molar-refractivity contribution in [2.75, 3.05) is 33.3 Å². The molecule has 1 saturated heterocycles. The van der Waals surface area contributed by atoms with Crippen LogP contribution in [0.2, 0.25) is 5.02 Å². The monoisotopic (exact) mass is 422 g/mol. The van der Waals surface area contributed by atoms with E-state index in [1.807, 2.05) is 19.9 Å². The highest BCUT2D eigenvalue weighted by atomic mass is 35.5. The third-order valence-corrected chi connectivity index (χ3v) is 7.16. The predicted molar refractivity (Wildman–Crippen MR) is 109 cm³/mol. The fourth-order valence-electron chi connectivity index (χ4n) is 3.17. The summed E-state index contributed by atoms with van der Waals surface area (Å²) in [6.45, 7) is 4.93. The molecule has 1 heterocycles. The van der Waals surface area contributed by atoms with Crippen molar-refractivity contribution in [2.45, 2.75) is 18.7 Å². The van der Waals surface area contributed by atoms with Crippen LogP contribution in [0.15, 0.2) is 41.3 Å². The first-order valence-electron chi connectivity index (χ1n) is 8.94. The van der Waals surface area contributed by atoms with Gasteiger partial charge in [-0.1, -0.05) is 17.7 Å². The van der Waals surface area contributed by atoms with E-state index in [0.29, 0.717) is 29.4 Å². The van der Waals surface area contributed by atoms with Crippen molar-refractivity contribution in [1.29, 1.82) is 0 Å². The smallest absolute Gasteiger partial charge is 0.257 e. The summed E-state index contributed by atoms with van der Waals surface area (Å²) in [5, 5.41) is 0.445. The van der Waals surface area contributed by atoms with Gasteiger partial charge in [-0.2, -0.15) is 4.31 Å². The zero-order chi connectivity index (χ0) is 20.5. The minimum atomic E-state index is -3.59. The molecule has 8 heteroatoms. The molecular weight excluding hydrogens is 400 g/mol. The van der Waals surface area contributed by atoms with Gasteiger partial charge < -0.3 is 9.64 Å². The molecule has 1 aliphatic heterocycles. The third kappa shape index (κ3) is 4.01. The van der Waals surface area contributed by atoms with Crippen molar-refractivity contribution in [3.63, 3.8) is 0 Å². The fraction of sp³-hybridized carbons (Fsp3) is 0.350. The summed E-state index contributed by atoms with van der Waals surface area (Å²) in [5.74, 6) is 0.224. The van der Waals surface area contributed by atoms with Gasteiger partial charge in [0, 0.05) is 31.2 Å². The zero-order valence-corrected chi connectivity index (χ0v) is 17.7. The Kier molecular flexibility index (Phi) is 5.98. The Bertz CT molecular complexity index is 999. The molecule has 0 atom stereocenters. The number of amides is 1. The first kappa shape index (κ1) is 20.6. The van der Waals surface area contributed by atoms with Gasteiger partial charge in [0.2, 0.25) is 10.0 Å². The van der Waals surface area contributed by atoms with Crippen LogP contribution in [0.5, 0.6) is 5.75 Å². The molecule has 0 aromatic heterocycles. The highest BCUT2D eigenvalue weighted by Gasteiger charge is 2.31. The molecule has 150 valence electrons. The SMILES string of the molecule is COc1ccc(Cl)cc1C(=O)N1CCN(S(=O)(=O)c2ccc(C)c(C)c2)CC1. The number of carbonyl (C=O) groups excluding carboxylic acids is 1. The van der Waals surface area contributed by atoms with E-state index in [4.69, 9.17) is 16.3 Å². The van der Waals surface area contributed by atoms with Crippen LogP contribution in [0.3, 0.4) is 0 Å². The number of benzene rings is 2. The van der Waals surface area contributed by atoms with Crippen molar-refractivity contribution in [1.82, 2.24) is 9.21 Å². The number of nitrogens with zero attached hydrogens (tertiary/aromatic N) is 2. The molecule has 1 fully saturated rings. The number of aryl methyl sites for hydroxylation is 2. The quantitative estimate of drug-likeness (QED) is 0.759. The fourth-order valence-corrected chi connectivity index (χ4v) is 4.85.